The van der Waals surface area contributed by atoms with Crippen LogP contribution in [0, 0.1) is 6.92 Å². The summed E-state index contributed by atoms with van der Waals surface area (Å²) < 4.78 is 11.8. The van der Waals surface area contributed by atoms with Gasteiger partial charge in [0.2, 0.25) is 5.76 Å². The Balaban J connectivity index is 1.74. The lowest BCUT2D eigenvalue weighted by Crippen LogP contribution is -2.34. The van der Waals surface area contributed by atoms with E-state index in [1.165, 1.54) is 17.6 Å². The molecule has 132 valence electrons. The highest BCUT2D eigenvalue weighted by Crippen LogP contribution is 2.32. The summed E-state index contributed by atoms with van der Waals surface area (Å²) in [6.45, 7) is 3.11. The lowest BCUT2D eigenvalue weighted by atomic mass is 10.2. The number of aryl methyl sites for hydroxylation is 1. The molecule has 0 aliphatic carbocycles. The average Bonchev–Trinajstić information content (AvgIpc) is 3.12. The number of fused-ring (bicyclic) bond motifs is 1. The van der Waals surface area contributed by atoms with E-state index in [9.17, 15) is 4.79 Å². The van der Waals surface area contributed by atoms with Gasteiger partial charge in [0.1, 0.15) is 19.5 Å². The van der Waals surface area contributed by atoms with Crippen molar-refractivity contribution in [2.75, 3.05) is 18.1 Å². The Morgan fingerprint density at radius 1 is 1.23 bits per heavy atom. The van der Waals surface area contributed by atoms with Gasteiger partial charge < -0.3 is 9.47 Å². The van der Waals surface area contributed by atoms with Gasteiger partial charge in [-0.1, -0.05) is 29.5 Å². The second-order valence-corrected chi connectivity index (χ2v) is 6.84. The predicted molar refractivity (Wildman–Crippen MR) is 99.8 cm³/mol. The van der Waals surface area contributed by atoms with Gasteiger partial charge in [-0.15, -0.1) is 0 Å². The smallest absolute Gasteiger partial charge is 0.298 e. The zero-order chi connectivity index (χ0) is 17.9. The van der Waals surface area contributed by atoms with Crippen LogP contribution in [0.1, 0.15) is 11.3 Å². The third-order valence-electron chi connectivity index (χ3n) is 3.99. The fourth-order valence-electron chi connectivity index (χ4n) is 2.68. The zero-order valence-electron chi connectivity index (χ0n) is 14.2. The van der Waals surface area contributed by atoms with E-state index in [1.807, 2.05) is 43.3 Å². The molecule has 0 saturated heterocycles. The van der Waals surface area contributed by atoms with Crippen molar-refractivity contribution in [2.45, 2.75) is 13.5 Å². The first-order chi connectivity index (χ1) is 12.7. The van der Waals surface area contributed by atoms with E-state index >= 15 is 0 Å². The molecule has 0 unspecified atom stereocenters. The molecule has 0 atom stereocenters. The van der Waals surface area contributed by atoms with Gasteiger partial charge >= 0.3 is 0 Å². The lowest BCUT2D eigenvalue weighted by Gasteiger charge is -2.22. The SMILES string of the molecule is Cc1cccc2sc(N(Cc3ccccn3)C(=O)C3=COCCO3)nc12. The molecular formula is C19H17N3O3S. The molecule has 0 spiro atoms. The standard InChI is InChI=1S/C19H17N3O3S/c1-13-5-4-7-16-17(13)21-19(26-16)22(11-14-6-2-3-8-20-14)18(23)15-12-24-9-10-25-15/h2-8,12H,9-11H2,1H3. The van der Waals surface area contributed by atoms with Crippen LogP contribution >= 0.6 is 11.3 Å². The molecule has 26 heavy (non-hydrogen) atoms. The van der Waals surface area contributed by atoms with Crippen molar-refractivity contribution < 1.29 is 14.3 Å². The summed E-state index contributed by atoms with van der Waals surface area (Å²) in [5.41, 5.74) is 2.75. The highest BCUT2D eigenvalue weighted by atomic mass is 32.1. The predicted octanol–water partition coefficient (Wildman–Crippen LogP) is 3.42. The second-order valence-electron chi connectivity index (χ2n) is 5.83. The molecule has 7 heteroatoms. The maximum atomic E-state index is 13.1. The molecule has 0 bridgehead atoms. The molecule has 1 aromatic carbocycles. The van der Waals surface area contributed by atoms with Gasteiger partial charge in [0.15, 0.2) is 5.13 Å². The van der Waals surface area contributed by atoms with E-state index in [0.717, 1.165) is 21.5 Å². The Hall–Kier alpha value is -2.93. The van der Waals surface area contributed by atoms with E-state index in [1.54, 1.807) is 11.1 Å². The normalized spacial score (nSPS) is 13.7. The molecular weight excluding hydrogens is 350 g/mol. The highest BCUT2D eigenvalue weighted by molar-refractivity contribution is 7.22. The average molecular weight is 367 g/mol. The number of hydrogen-bond donors (Lipinski definition) is 0. The highest BCUT2D eigenvalue weighted by Gasteiger charge is 2.27. The maximum Gasteiger partial charge on any atom is 0.298 e. The maximum absolute atomic E-state index is 13.1. The largest absolute Gasteiger partial charge is 0.494 e. The molecule has 1 amide bonds. The van der Waals surface area contributed by atoms with Crippen LogP contribution in [-0.4, -0.2) is 29.1 Å². The molecule has 6 nitrogen and oxygen atoms in total. The van der Waals surface area contributed by atoms with E-state index in [4.69, 9.17) is 14.5 Å². The molecule has 3 aromatic rings. The first kappa shape index (κ1) is 16.5. The fourth-order valence-corrected chi connectivity index (χ4v) is 3.72. The Kier molecular flexibility index (Phi) is 4.53. The van der Waals surface area contributed by atoms with Crippen molar-refractivity contribution in [3.63, 3.8) is 0 Å². The molecule has 2 aromatic heterocycles. The fraction of sp³-hybridized carbons (Fsp3) is 0.211. The van der Waals surface area contributed by atoms with Crippen LogP contribution in [-0.2, 0) is 20.8 Å². The first-order valence-electron chi connectivity index (χ1n) is 8.25. The van der Waals surface area contributed by atoms with Crippen molar-refractivity contribution in [1.82, 2.24) is 9.97 Å². The van der Waals surface area contributed by atoms with Crippen LogP contribution in [0.4, 0.5) is 5.13 Å². The molecule has 0 radical (unpaired) electrons. The summed E-state index contributed by atoms with van der Waals surface area (Å²) in [6, 6.07) is 11.6. The summed E-state index contributed by atoms with van der Waals surface area (Å²) in [5.74, 6) is -0.102. The van der Waals surface area contributed by atoms with Crippen LogP contribution in [0.15, 0.2) is 54.6 Å². The lowest BCUT2D eigenvalue weighted by molar-refractivity contribution is -0.120. The third kappa shape index (κ3) is 3.25. The number of rotatable bonds is 4. The number of carbonyl (C=O) groups is 1. The van der Waals surface area contributed by atoms with Gasteiger partial charge in [-0.05, 0) is 30.7 Å². The summed E-state index contributed by atoms with van der Waals surface area (Å²) in [7, 11) is 0. The van der Waals surface area contributed by atoms with Crippen molar-refractivity contribution in [3.8, 4) is 0 Å². The number of hydrogen-bond acceptors (Lipinski definition) is 6. The molecule has 0 fully saturated rings. The van der Waals surface area contributed by atoms with E-state index in [2.05, 4.69) is 4.98 Å². The van der Waals surface area contributed by atoms with Gasteiger partial charge in [-0.3, -0.25) is 14.7 Å². The van der Waals surface area contributed by atoms with Gasteiger partial charge in [-0.25, -0.2) is 4.98 Å². The van der Waals surface area contributed by atoms with Gasteiger partial charge in [-0.2, -0.15) is 0 Å². The molecule has 0 N–H and O–H groups in total. The van der Waals surface area contributed by atoms with Crippen LogP contribution in [0.3, 0.4) is 0 Å². The minimum Gasteiger partial charge on any atom is -0.494 e. The Morgan fingerprint density at radius 3 is 2.88 bits per heavy atom. The molecule has 3 heterocycles. The number of pyridine rings is 1. The minimum atomic E-state index is -0.285. The number of carbonyl (C=O) groups excluding carboxylic acids is 1. The molecule has 4 rings (SSSR count). The number of ether oxygens (including phenoxy) is 2. The van der Waals surface area contributed by atoms with E-state index in [-0.39, 0.29) is 11.7 Å². The Bertz CT molecular complexity index is 969. The number of thiazole rings is 1. The monoisotopic (exact) mass is 367 g/mol. The zero-order valence-corrected chi connectivity index (χ0v) is 15.0. The molecule has 0 saturated carbocycles. The van der Waals surface area contributed by atoms with E-state index < -0.39 is 0 Å². The van der Waals surface area contributed by atoms with Gasteiger partial charge in [0, 0.05) is 6.20 Å². The van der Waals surface area contributed by atoms with Crippen LogP contribution in [0.25, 0.3) is 10.2 Å². The molecule has 1 aliphatic rings. The van der Waals surface area contributed by atoms with Gasteiger partial charge in [0.05, 0.1) is 22.5 Å². The Labute approximate surface area is 154 Å². The summed E-state index contributed by atoms with van der Waals surface area (Å²) in [5, 5.41) is 0.611. The first-order valence-corrected chi connectivity index (χ1v) is 9.06. The van der Waals surface area contributed by atoms with Crippen LogP contribution in [0.5, 0.6) is 0 Å². The summed E-state index contributed by atoms with van der Waals surface area (Å²) in [6.07, 6.45) is 3.08. The van der Waals surface area contributed by atoms with Crippen LogP contribution < -0.4 is 4.90 Å². The topological polar surface area (TPSA) is 64.6 Å². The van der Waals surface area contributed by atoms with Crippen LogP contribution in [0.2, 0.25) is 0 Å². The third-order valence-corrected chi connectivity index (χ3v) is 5.04. The van der Waals surface area contributed by atoms with E-state index in [0.29, 0.717) is 24.9 Å². The van der Waals surface area contributed by atoms with Crippen molar-refractivity contribution in [3.05, 3.63) is 65.9 Å². The quantitative estimate of drug-likeness (QED) is 0.707. The summed E-state index contributed by atoms with van der Waals surface area (Å²) in [4.78, 5) is 23.7. The van der Waals surface area contributed by atoms with Crippen molar-refractivity contribution in [1.29, 1.82) is 0 Å². The number of anilines is 1. The summed E-state index contributed by atoms with van der Waals surface area (Å²) >= 11 is 1.47. The van der Waals surface area contributed by atoms with Gasteiger partial charge in [0.25, 0.3) is 5.91 Å². The van der Waals surface area contributed by atoms with Crippen molar-refractivity contribution >= 4 is 32.6 Å². The Morgan fingerprint density at radius 2 is 2.15 bits per heavy atom. The number of benzene rings is 1. The number of amides is 1. The second kappa shape index (κ2) is 7.13. The number of para-hydroxylation sites is 1. The minimum absolute atomic E-state index is 0.183. The number of nitrogens with zero attached hydrogens (tertiary/aromatic N) is 3. The van der Waals surface area contributed by atoms with Crippen molar-refractivity contribution in [2.24, 2.45) is 0 Å². The number of aromatic nitrogens is 2. The molecule has 1 aliphatic heterocycles.